The van der Waals surface area contributed by atoms with E-state index >= 15 is 0 Å². The summed E-state index contributed by atoms with van der Waals surface area (Å²) in [5, 5.41) is 0. The molecule has 0 aliphatic carbocycles. The van der Waals surface area contributed by atoms with Gasteiger partial charge in [-0.1, -0.05) is 78.9 Å². The number of carbonyl (C=O) groups excluding carboxylic acids is 1. The third kappa shape index (κ3) is 4.37. The summed E-state index contributed by atoms with van der Waals surface area (Å²) in [4.78, 5) is 12.6. The predicted octanol–water partition coefficient (Wildman–Crippen LogP) is 3.71. The minimum Gasteiger partial charge on any atom is -0.274 e. The zero-order chi connectivity index (χ0) is 18.4. The molecule has 26 heavy (non-hydrogen) atoms. The highest BCUT2D eigenvalue weighted by atomic mass is 32.2. The average Bonchev–Trinajstić information content (AvgIpc) is 2.68. The molecule has 0 radical (unpaired) electrons. The Hall–Kier alpha value is -2.92. The van der Waals surface area contributed by atoms with E-state index in [-0.39, 0.29) is 17.2 Å². The first kappa shape index (κ1) is 17.9. The number of benzene rings is 3. The number of rotatable bonds is 6. The van der Waals surface area contributed by atoms with Crippen LogP contribution in [0.25, 0.3) is 0 Å². The average molecular weight is 365 g/mol. The van der Waals surface area contributed by atoms with Crippen LogP contribution in [0.4, 0.5) is 0 Å². The highest BCUT2D eigenvalue weighted by molar-refractivity contribution is 7.90. The molecule has 0 saturated carbocycles. The quantitative estimate of drug-likeness (QED) is 0.724. The fraction of sp³-hybridized carbons (Fsp3) is 0.0952. The molecule has 0 heterocycles. The number of carbonyl (C=O) groups is 1. The van der Waals surface area contributed by atoms with Crippen molar-refractivity contribution in [1.82, 2.24) is 4.72 Å². The predicted molar refractivity (Wildman–Crippen MR) is 101 cm³/mol. The molecule has 0 aliphatic heterocycles. The van der Waals surface area contributed by atoms with Gasteiger partial charge >= 0.3 is 0 Å². The van der Waals surface area contributed by atoms with E-state index in [4.69, 9.17) is 0 Å². The van der Waals surface area contributed by atoms with E-state index in [0.29, 0.717) is 0 Å². The topological polar surface area (TPSA) is 63.2 Å². The number of nitrogens with one attached hydrogen (secondary N) is 1. The lowest BCUT2D eigenvalue weighted by atomic mass is 9.88. The molecule has 0 aromatic heterocycles. The first-order valence-corrected chi connectivity index (χ1v) is 9.75. The highest BCUT2D eigenvalue weighted by Gasteiger charge is 2.22. The fourth-order valence-corrected chi connectivity index (χ4v) is 3.85. The highest BCUT2D eigenvalue weighted by Crippen LogP contribution is 2.28. The van der Waals surface area contributed by atoms with Gasteiger partial charge in [-0.05, 0) is 23.3 Å². The van der Waals surface area contributed by atoms with Crippen LogP contribution in [0.3, 0.4) is 0 Å². The van der Waals surface area contributed by atoms with Gasteiger partial charge in [-0.25, -0.2) is 13.1 Å². The van der Waals surface area contributed by atoms with Crippen LogP contribution in [0.5, 0.6) is 0 Å². The second-order valence-corrected chi connectivity index (χ2v) is 7.60. The Kier molecular flexibility index (Phi) is 5.49. The molecule has 1 N–H and O–H groups in total. The summed E-state index contributed by atoms with van der Waals surface area (Å²) < 4.78 is 26.9. The van der Waals surface area contributed by atoms with Gasteiger partial charge in [0.2, 0.25) is 5.91 Å². The SMILES string of the molecule is O=C(CC(c1ccccc1)c1ccccc1)NS(=O)(=O)c1ccccc1. The molecule has 0 fully saturated rings. The van der Waals surface area contributed by atoms with E-state index in [0.717, 1.165) is 11.1 Å². The molecule has 0 bridgehead atoms. The van der Waals surface area contributed by atoms with Crippen molar-refractivity contribution in [2.45, 2.75) is 17.2 Å². The van der Waals surface area contributed by atoms with Crippen LogP contribution in [-0.4, -0.2) is 14.3 Å². The van der Waals surface area contributed by atoms with Crippen LogP contribution in [0, 0.1) is 0 Å². The maximum Gasteiger partial charge on any atom is 0.264 e. The summed E-state index contributed by atoms with van der Waals surface area (Å²) in [6.45, 7) is 0. The molecule has 3 aromatic rings. The normalized spacial score (nSPS) is 11.3. The lowest BCUT2D eigenvalue weighted by molar-refractivity contribution is -0.119. The van der Waals surface area contributed by atoms with E-state index in [1.807, 2.05) is 60.7 Å². The largest absolute Gasteiger partial charge is 0.274 e. The third-order valence-electron chi connectivity index (χ3n) is 4.10. The lowest BCUT2D eigenvalue weighted by Gasteiger charge is -2.18. The van der Waals surface area contributed by atoms with Gasteiger partial charge in [-0.3, -0.25) is 4.79 Å². The smallest absolute Gasteiger partial charge is 0.264 e. The lowest BCUT2D eigenvalue weighted by Crippen LogP contribution is -2.31. The van der Waals surface area contributed by atoms with Crippen molar-refractivity contribution in [2.75, 3.05) is 0 Å². The zero-order valence-corrected chi connectivity index (χ0v) is 14.9. The van der Waals surface area contributed by atoms with E-state index in [2.05, 4.69) is 4.72 Å². The number of sulfonamides is 1. The molecule has 5 heteroatoms. The second kappa shape index (κ2) is 7.97. The van der Waals surface area contributed by atoms with E-state index in [1.165, 1.54) is 12.1 Å². The van der Waals surface area contributed by atoms with Crippen LogP contribution >= 0.6 is 0 Å². The first-order chi connectivity index (χ1) is 12.6. The number of hydrogen-bond donors (Lipinski definition) is 1. The summed E-state index contributed by atoms with van der Waals surface area (Å²) in [6.07, 6.45) is 0.0418. The fourth-order valence-electron chi connectivity index (χ4n) is 2.83. The molecular formula is C21H19NO3S. The van der Waals surface area contributed by atoms with Crippen molar-refractivity contribution in [3.05, 3.63) is 102 Å². The Morgan fingerprint density at radius 1 is 0.731 bits per heavy atom. The van der Waals surface area contributed by atoms with Gasteiger partial charge in [0.05, 0.1) is 4.90 Å². The Labute approximate surface area is 153 Å². The first-order valence-electron chi connectivity index (χ1n) is 8.27. The number of amides is 1. The van der Waals surface area contributed by atoms with E-state index in [1.54, 1.807) is 18.2 Å². The molecule has 3 aromatic carbocycles. The summed E-state index contributed by atoms with van der Waals surface area (Å²) >= 11 is 0. The maximum atomic E-state index is 12.5. The summed E-state index contributed by atoms with van der Waals surface area (Å²) in [5.74, 6) is -0.755. The van der Waals surface area contributed by atoms with Gasteiger partial charge in [-0.2, -0.15) is 0 Å². The number of hydrogen-bond acceptors (Lipinski definition) is 3. The molecule has 0 saturated heterocycles. The maximum absolute atomic E-state index is 12.5. The molecular weight excluding hydrogens is 346 g/mol. The van der Waals surface area contributed by atoms with Crippen LogP contribution in [0.2, 0.25) is 0 Å². The van der Waals surface area contributed by atoms with Gasteiger partial charge < -0.3 is 0 Å². The molecule has 4 nitrogen and oxygen atoms in total. The van der Waals surface area contributed by atoms with Crippen LogP contribution < -0.4 is 4.72 Å². The zero-order valence-electron chi connectivity index (χ0n) is 14.1. The van der Waals surface area contributed by atoms with Crippen molar-refractivity contribution >= 4 is 15.9 Å². The van der Waals surface area contributed by atoms with Gasteiger partial charge in [0.25, 0.3) is 10.0 Å². The van der Waals surface area contributed by atoms with Gasteiger partial charge in [0, 0.05) is 12.3 Å². The van der Waals surface area contributed by atoms with Crippen molar-refractivity contribution in [3.8, 4) is 0 Å². The Morgan fingerprint density at radius 3 is 1.62 bits per heavy atom. The molecule has 0 unspecified atom stereocenters. The van der Waals surface area contributed by atoms with E-state index in [9.17, 15) is 13.2 Å². The molecule has 0 aliphatic rings. The van der Waals surface area contributed by atoms with Gasteiger partial charge in [-0.15, -0.1) is 0 Å². The monoisotopic (exact) mass is 365 g/mol. The van der Waals surface area contributed by atoms with Crippen LogP contribution in [-0.2, 0) is 14.8 Å². The van der Waals surface area contributed by atoms with Crippen molar-refractivity contribution in [1.29, 1.82) is 0 Å². The standard InChI is InChI=1S/C21H19NO3S/c23-21(22-26(24,25)19-14-8-3-9-15-19)16-20(17-10-4-1-5-11-17)18-12-6-2-7-13-18/h1-15,20H,16H2,(H,22,23). The summed E-state index contributed by atoms with van der Waals surface area (Å²) in [7, 11) is -3.87. The Balaban J connectivity index is 1.82. The van der Waals surface area contributed by atoms with Crippen LogP contribution in [0.15, 0.2) is 95.9 Å². The second-order valence-electron chi connectivity index (χ2n) is 5.92. The molecule has 132 valence electrons. The van der Waals surface area contributed by atoms with Gasteiger partial charge in [0.1, 0.15) is 0 Å². The van der Waals surface area contributed by atoms with Crippen molar-refractivity contribution in [3.63, 3.8) is 0 Å². The molecule has 1 amide bonds. The van der Waals surface area contributed by atoms with Crippen LogP contribution in [0.1, 0.15) is 23.5 Å². The van der Waals surface area contributed by atoms with E-state index < -0.39 is 15.9 Å². The van der Waals surface area contributed by atoms with Gasteiger partial charge in [0.15, 0.2) is 0 Å². The minimum atomic E-state index is -3.87. The summed E-state index contributed by atoms with van der Waals surface area (Å²) in [5.41, 5.74) is 1.93. The molecule has 0 atom stereocenters. The minimum absolute atomic E-state index is 0.0418. The molecule has 0 spiro atoms. The summed E-state index contributed by atoms with van der Waals surface area (Å²) in [6, 6.07) is 27.1. The third-order valence-corrected chi connectivity index (χ3v) is 5.48. The molecule has 3 rings (SSSR count). The Morgan fingerprint density at radius 2 is 1.15 bits per heavy atom. The Bertz CT molecular complexity index is 916. The van der Waals surface area contributed by atoms with Crippen molar-refractivity contribution < 1.29 is 13.2 Å². The van der Waals surface area contributed by atoms with Crippen molar-refractivity contribution in [2.24, 2.45) is 0 Å².